The summed E-state index contributed by atoms with van der Waals surface area (Å²) in [6.07, 6.45) is 25.3. The van der Waals surface area contributed by atoms with E-state index in [9.17, 15) is 33.6 Å². The van der Waals surface area contributed by atoms with Crippen LogP contribution in [0.1, 0.15) is 240 Å². The van der Waals surface area contributed by atoms with E-state index in [2.05, 4.69) is 27.7 Å². The number of likely N-dealkylation sites (tertiary alicyclic amines) is 1. The summed E-state index contributed by atoms with van der Waals surface area (Å²) < 4.78 is 38.8. The third kappa shape index (κ3) is 34.4. The molecule has 1 saturated heterocycles. The van der Waals surface area contributed by atoms with Crippen LogP contribution in [-0.2, 0) is 61.9 Å². The largest absolute Gasteiger partial charge is 0.466 e. The van der Waals surface area contributed by atoms with Gasteiger partial charge in [0, 0.05) is 31.1 Å². The van der Waals surface area contributed by atoms with Gasteiger partial charge in [0.05, 0.1) is 64.4 Å². The monoisotopic (exact) mass is 996 g/mol. The zero-order valence-electron chi connectivity index (χ0n) is 44.5. The van der Waals surface area contributed by atoms with Gasteiger partial charge in [-0.3, -0.25) is 33.7 Å². The molecule has 0 aromatic rings. The van der Waals surface area contributed by atoms with Crippen LogP contribution in [-0.4, -0.2) is 105 Å². The average molecular weight is 996 g/mol. The number of carbonyl (C=O) groups excluding carboxylic acids is 7. The van der Waals surface area contributed by atoms with Gasteiger partial charge in [0.15, 0.2) is 0 Å². The van der Waals surface area contributed by atoms with Gasteiger partial charge < -0.3 is 33.2 Å². The van der Waals surface area contributed by atoms with E-state index in [-0.39, 0.29) is 103 Å². The molecule has 0 spiro atoms. The Kier molecular flexibility index (Phi) is 40.2. The second-order valence-electron chi connectivity index (χ2n) is 19.4. The van der Waals surface area contributed by atoms with E-state index in [1.54, 1.807) is 0 Å². The molecule has 0 bridgehead atoms. The second kappa shape index (κ2) is 43.8. The molecule has 0 radical (unpaired) electrons. The highest BCUT2D eigenvalue weighted by Gasteiger charge is 2.44. The van der Waals surface area contributed by atoms with Gasteiger partial charge in [-0.2, -0.15) is 0 Å². The van der Waals surface area contributed by atoms with E-state index in [4.69, 9.17) is 33.2 Å². The molecule has 0 aromatic heterocycles. The molecule has 15 heteroatoms. The molecular formula is C55H97NO14. The number of nitrogens with zero attached hydrogens (tertiary/aromatic N) is 1. The first kappa shape index (κ1) is 64.1. The Morgan fingerprint density at radius 3 is 1.10 bits per heavy atom. The smallest absolute Gasteiger partial charge is 0.410 e. The Morgan fingerprint density at radius 1 is 0.357 bits per heavy atom. The molecule has 1 fully saturated rings. The maximum Gasteiger partial charge on any atom is 0.410 e. The Hall–Kier alpha value is -3.91. The van der Waals surface area contributed by atoms with Crippen molar-refractivity contribution in [3.8, 4) is 0 Å². The molecule has 1 heterocycles. The van der Waals surface area contributed by atoms with Gasteiger partial charge in [0.1, 0.15) is 13.2 Å². The van der Waals surface area contributed by atoms with Crippen LogP contribution in [0.15, 0.2) is 0 Å². The van der Waals surface area contributed by atoms with Crippen molar-refractivity contribution in [3.63, 3.8) is 0 Å². The fraction of sp³-hybridized carbons (Fsp3) is 0.873. The average Bonchev–Trinajstić information content (AvgIpc) is 3.33. The zero-order valence-corrected chi connectivity index (χ0v) is 44.5. The molecule has 3 atom stereocenters. The van der Waals surface area contributed by atoms with Crippen molar-refractivity contribution in [1.82, 2.24) is 4.90 Å². The van der Waals surface area contributed by atoms with Crippen LogP contribution in [0.3, 0.4) is 0 Å². The van der Waals surface area contributed by atoms with Gasteiger partial charge >= 0.3 is 41.9 Å². The molecule has 3 unspecified atom stereocenters. The van der Waals surface area contributed by atoms with E-state index < -0.39 is 47.9 Å². The van der Waals surface area contributed by atoms with Gasteiger partial charge in [-0.25, -0.2) is 4.79 Å². The van der Waals surface area contributed by atoms with E-state index in [0.717, 1.165) is 109 Å². The highest BCUT2D eigenvalue weighted by molar-refractivity contribution is 5.74. The van der Waals surface area contributed by atoms with Crippen molar-refractivity contribution in [3.05, 3.63) is 0 Å². The molecule has 1 amide bonds. The zero-order chi connectivity index (χ0) is 51.5. The molecular weight excluding hydrogens is 899 g/mol. The van der Waals surface area contributed by atoms with Crippen molar-refractivity contribution < 1.29 is 66.7 Å². The predicted octanol–water partition coefficient (Wildman–Crippen LogP) is 12.3. The van der Waals surface area contributed by atoms with E-state index in [1.165, 1.54) is 30.6 Å². The van der Waals surface area contributed by atoms with Crippen LogP contribution in [0.2, 0.25) is 0 Å². The lowest BCUT2D eigenvalue weighted by Crippen LogP contribution is -2.62. The first-order valence-corrected chi connectivity index (χ1v) is 27.9. The van der Waals surface area contributed by atoms with Crippen LogP contribution < -0.4 is 0 Å². The van der Waals surface area contributed by atoms with Crippen LogP contribution in [0.4, 0.5) is 4.79 Å². The van der Waals surface area contributed by atoms with Gasteiger partial charge in [0.25, 0.3) is 0 Å². The highest BCUT2D eigenvalue weighted by Crippen LogP contribution is 2.28. The Balaban J connectivity index is 2.86. The molecule has 70 heavy (non-hydrogen) atoms. The van der Waals surface area contributed by atoms with E-state index >= 15 is 0 Å². The lowest BCUT2D eigenvalue weighted by Gasteiger charge is -2.46. The summed E-state index contributed by atoms with van der Waals surface area (Å²) in [4.78, 5) is 91.8. The standard InChI is InChI=1S/C55H97NO14/c1-6-11-15-19-23-27-31-49(57)66-40-45(36-52(60)64-35-30-26-22-18-14-9-4)37-53(61)69-43-47-39-48(56(47)55(63)65-34-10-5)44-70-54(62)38-46(41-67-50(58)32-28-24-20-16-12-7-2)42-68-51(59)33-29-25-21-17-13-8-3/h45-48H,6-44H2,1-5H3. The van der Waals surface area contributed by atoms with Gasteiger partial charge in [-0.1, -0.05) is 163 Å². The quantitative estimate of drug-likeness (QED) is 0.0318. The van der Waals surface area contributed by atoms with Crippen LogP contribution >= 0.6 is 0 Å². The van der Waals surface area contributed by atoms with Crippen molar-refractivity contribution in [2.45, 2.75) is 252 Å². The van der Waals surface area contributed by atoms with Crippen molar-refractivity contribution >= 4 is 41.9 Å². The van der Waals surface area contributed by atoms with Gasteiger partial charge in [-0.15, -0.1) is 0 Å². The third-order valence-electron chi connectivity index (χ3n) is 12.6. The van der Waals surface area contributed by atoms with Gasteiger partial charge in [0.2, 0.25) is 0 Å². The Morgan fingerprint density at radius 2 is 0.700 bits per heavy atom. The molecule has 1 aliphatic rings. The minimum absolute atomic E-state index is 0.108. The number of hydrogen-bond acceptors (Lipinski definition) is 14. The van der Waals surface area contributed by atoms with Crippen LogP contribution in [0.25, 0.3) is 0 Å². The molecule has 406 valence electrons. The summed E-state index contributed by atoms with van der Waals surface area (Å²) in [6.45, 7) is 10.3. The number of ether oxygens (including phenoxy) is 7. The fourth-order valence-corrected chi connectivity index (χ4v) is 8.24. The summed E-state index contributed by atoms with van der Waals surface area (Å²) >= 11 is 0. The number of amides is 1. The lowest BCUT2D eigenvalue weighted by atomic mass is 9.94. The fourth-order valence-electron chi connectivity index (χ4n) is 8.24. The lowest BCUT2D eigenvalue weighted by molar-refractivity contribution is -0.159. The number of rotatable bonds is 46. The molecule has 0 aliphatic carbocycles. The summed E-state index contributed by atoms with van der Waals surface area (Å²) in [5, 5.41) is 0. The second-order valence-corrected chi connectivity index (χ2v) is 19.4. The topological polar surface area (TPSA) is 187 Å². The molecule has 1 rings (SSSR count). The van der Waals surface area contributed by atoms with Gasteiger partial charge in [-0.05, 0) is 38.5 Å². The maximum absolute atomic E-state index is 13.3. The first-order chi connectivity index (χ1) is 34.0. The summed E-state index contributed by atoms with van der Waals surface area (Å²) in [5.41, 5.74) is 0. The Labute approximate surface area is 422 Å². The molecule has 0 saturated carbocycles. The van der Waals surface area contributed by atoms with E-state index in [0.29, 0.717) is 32.1 Å². The summed E-state index contributed by atoms with van der Waals surface area (Å²) in [6, 6.07) is -1.11. The van der Waals surface area contributed by atoms with Crippen molar-refractivity contribution in [2.24, 2.45) is 11.8 Å². The number of hydrogen-bond donors (Lipinski definition) is 0. The minimum Gasteiger partial charge on any atom is -0.466 e. The summed E-state index contributed by atoms with van der Waals surface area (Å²) in [5.74, 6) is -4.09. The molecule has 15 nitrogen and oxygen atoms in total. The van der Waals surface area contributed by atoms with Crippen molar-refractivity contribution in [2.75, 3.05) is 46.2 Å². The summed E-state index contributed by atoms with van der Waals surface area (Å²) in [7, 11) is 0. The predicted molar refractivity (Wildman–Crippen MR) is 270 cm³/mol. The number of unbranched alkanes of at least 4 members (excludes halogenated alkanes) is 20. The maximum atomic E-state index is 13.3. The first-order valence-electron chi connectivity index (χ1n) is 27.9. The third-order valence-corrected chi connectivity index (χ3v) is 12.6. The number of esters is 6. The molecule has 0 aromatic carbocycles. The normalized spacial score (nSPS) is 14.6. The molecule has 0 N–H and O–H groups in total. The van der Waals surface area contributed by atoms with Crippen LogP contribution in [0, 0.1) is 11.8 Å². The minimum atomic E-state index is -0.659. The number of carbonyl (C=O) groups is 7. The Bertz CT molecular complexity index is 1380. The van der Waals surface area contributed by atoms with Crippen molar-refractivity contribution in [1.29, 1.82) is 0 Å². The molecule has 1 aliphatic heterocycles. The van der Waals surface area contributed by atoms with Crippen LogP contribution in [0.5, 0.6) is 0 Å². The highest BCUT2D eigenvalue weighted by atomic mass is 16.6. The SMILES string of the molecule is CCCCCCCCOC(=O)CC(COC(=O)CCCCCCCC)CC(=O)OCC1CC(COC(=O)CC(COC(=O)CCCCCCCC)COC(=O)CCCCCCCC)N1C(=O)OCCC. The van der Waals surface area contributed by atoms with E-state index in [1.807, 2.05) is 6.92 Å².